The molecule has 1 aromatic carbocycles. The highest BCUT2D eigenvalue weighted by atomic mass is 19.1. The van der Waals surface area contributed by atoms with E-state index in [2.05, 4.69) is 21.9 Å². The fourth-order valence-corrected chi connectivity index (χ4v) is 3.43. The summed E-state index contributed by atoms with van der Waals surface area (Å²) in [6.45, 7) is 2.50. The van der Waals surface area contributed by atoms with E-state index in [0.29, 0.717) is 29.9 Å². The van der Waals surface area contributed by atoms with Crippen LogP contribution < -0.4 is 5.73 Å². The molecule has 1 aliphatic heterocycles. The van der Waals surface area contributed by atoms with E-state index in [-0.39, 0.29) is 17.0 Å². The summed E-state index contributed by atoms with van der Waals surface area (Å²) in [6, 6.07) is 7.78. The highest BCUT2D eigenvalue weighted by molar-refractivity contribution is 6.04. The number of amides is 2. The maximum atomic E-state index is 14.3. The van der Waals surface area contributed by atoms with Crippen molar-refractivity contribution in [1.82, 2.24) is 19.7 Å². The molecule has 2 N–H and O–H groups in total. The van der Waals surface area contributed by atoms with Crippen molar-refractivity contribution in [3.8, 4) is 17.7 Å². The third-order valence-electron chi connectivity index (χ3n) is 5.10. The third kappa shape index (κ3) is 3.10. The molecule has 3 heterocycles. The summed E-state index contributed by atoms with van der Waals surface area (Å²) in [5.41, 5.74) is 5.48. The van der Waals surface area contributed by atoms with E-state index in [1.165, 1.54) is 16.8 Å². The van der Waals surface area contributed by atoms with Gasteiger partial charge in [-0.15, -0.1) is 0 Å². The fourth-order valence-electron chi connectivity index (χ4n) is 3.43. The molecule has 3 aromatic rings. The average molecular weight is 391 g/mol. The van der Waals surface area contributed by atoms with Crippen LogP contribution in [0.25, 0.3) is 16.7 Å². The zero-order valence-corrected chi connectivity index (χ0v) is 15.9. The zero-order valence-electron chi connectivity index (χ0n) is 15.9. The van der Waals surface area contributed by atoms with E-state index in [9.17, 15) is 14.0 Å². The van der Waals surface area contributed by atoms with Crippen LogP contribution in [0.3, 0.4) is 0 Å². The first-order valence-electron chi connectivity index (χ1n) is 9.02. The van der Waals surface area contributed by atoms with E-state index in [4.69, 9.17) is 5.73 Å². The van der Waals surface area contributed by atoms with E-state index in [0.717, 1.165) is 0 Å². The molecule has 1 aliphatic rings. The smallest absolute Gasteiger partial charge is 0.269 e. The van der Waals surface area contributed by atoms with Crippen LogP contribution in [0.1, 0.15) is 29.4 Å². The zero-order chi connectivity index (χ0) is 20.8. The highest BCUT2D eigenvalue weighted by Gasteiger charge is 2.39. The second-order valence-electron chi connectivity index (χ2n) is 7.22. The number of fused-ring (bicyclic) bond motifs is 1. The van der Waals surface area contributed by atoms with Gasteiger partial charge in [-0.1, -0.05) is 17.9 Å². The first kappa shape index (κ1) is 18.6. The van der Waals surface area contributed by atoms with Crippen LogP contribution in [0.4, 0.5) is 4.39 Å². The molecule has 2 amide bonds. The Bertz CT molecular complexity index is 1220. The molecule has 1 atom stereocenters. The van der Waals surface area contributed by atoms with E-state index in [1.54, 1.807) is 36.3 Å². The number of halogens is 1. The van der Waals surface area contributed by atoms with Gasteiger partial charge in [0, 0.05) is 25.4 Å². The van der Waals surface area contributed by atoms with Gasteiger partial charge in [0.1, 0.15) is 11.2 Å². The van der Waals surface area contributed by atoms with Crippen molar-refractivity contribution in [3.05, 3.63) is 53.6 Å². The molecule has 1 saturated heterocycles. The molecule has 0 unspecified atom stereocenters. The van der Waals surface area contributed by atoms with Crippen molar-refractivity contribution < 1.29 is 14.0 Å². The average Bonchev–Trinajstić information content (AvgIpc) is 3.22. The number of carbonyl (C=O) groups is 2. The Hall–Kier alpha value is -3.73. The Labute approximate surface area is 166 Å². The monoisotopic (exact) mass is 391 g/mol. The normalized spacial score (nSPS) is 18.7. The topological polar surface area (TPSA) is 94.1 Å². The van der Waals surface area contributed by atoms with Crippen molar-refractivity contribution in [1.29, 1.82) is 0 Å². The van der Waals surface area contributed by atoms with Crippen LogP contribution in [0.2, 0.25) is 0 Å². The lowest BCUT2D eigenvalue weighted by Crippen LogP contribution is -2.28. The Morgan fingerprint density at radius 1 is 1.34 bits per heavy atom. The van der Waals surface area contributed by atoms with Gasteiger partial charge < -0.3 is 10.6 Å². The minimum absolute atomic E-state index is 0.000995. The quantitative estimate of drug-likeness (QED) is 0.675. The number of primary amides is 1. The van der Waals surface area contributed by atoms with Gasteiger partial charge in [0.25, 0.3) is 5.91 Å². The molecule has 0 radical (unpaired) electrons. The highest BCUT2D eigenvalue weighted by Crippen LogP contribution is 2.30. The van der Waals surface area contributed by atoms with Crippen molar-refractivity contribution >= 4 is 22.7 Å². The van der Waals surface area contributed by atoms with Crippen molar-refractivity contribution in [3.63, 3.8) is 0 Å². The lowest BCUT2D eigenvalue weighted by atomic mass is 9.89. The first-order valence-corrected chi connectivity index (χ1v) is 9.02. The SMILES string of the molecule is CN1CC[C@@](C)(C#Cc2ccnc(-n3nc(C(N)=O)c4c(F)cccc43)c2)C1=O. The van der Waals surface area contributed by atoms with Gasteiger partial charge in [0.15, 0.2) is 11.5 Å². The van der Waals surface area contributed by atoms with Crippen LogP contribution in [-0.2, 0) is 4.79 Å². The molecule has 0 saturated carbocycles. The summed E-state index contributed by atoms with van der Waals surface area (Å²) in [7, 11) is 1.76. The van der Waals surface area contributed by atoms with Crippen LogP contribution in [0.15, 0.2) is 36.5 Å². The number of nitrogens with zero attached hydrogens (tertiary/aromatic N) is 4. The van der Waals surface area contributed by atoms with Crippen LogP contribution >= 0.6 is 0 Å². The van der Waals surface area contributed by atoms with Gasteiger partial charge in [-0.2, -0.15) is 5.10 Å². The summed E-state index contributed by atoms with van der Waals surface area (Å²) in [6.07, 6.45) is 2.21. The van der Waals surface area contributed by atoms with Crippen LogP contribution in [-0.4, -0.2) is 45.1 Å². The maximum Gasteiger partial charge on any atom is 0.269 e. The van der Waals surface area contributed by atoms with Crippen LogP contribution in [0.5, 0.6) is 0 Å². The summed E-state index contributed by atoms with van der Waals surface area (Å²) in [5.74, 6) is 5.05. The van der Waals surface area contributed by atoms with E-state index >= 15 is 0 Å². The maximum absolute atomic E-state index is 14.3. The fraction of sp³-hybridized carbons (Fsp3) is 0.238. The van der Waals surface area contributed by atoms with Gasteiger partial charge in [-0.3, -0.25) is 9.59 Å². The lowest BCUT2D eigenvalue weighted by molar-refractivity contribution is -0.131. The molecular weight excluding hydrogens is 373 g/mol. The minimum atomic E-state index is -0.827. The molecule has 0 aliphatic carbocycles. The second kappa shape index (κ2) is 6.71. The molecule has 146 valence electrons. The second-order valence-corrected chi connectivity index (χ2v) is 7.22. The number of likely N-dealkylation sites (tertiary alicyclic amines) is 1. The number of carbonyl (C=O) groups excluding carboxylic acids is 2. The van der Waals surface area contributed by atoms with E-state index in [1.807, 2.05) is 6.92 Å². The van der Waals surface area contributed by atoms with E-state index < -0.39 is 17.1 Å². The Morgan fingerprint density at radius 2 is 2.14 bits per heavy atom. The standard InChI is InChI=1S/C21H18FN5O2/c1-21(9-11-26(2)20(21)29)8-6-13-7-10-24-16(12-13)27-15-5-3-4-14(22)17(15)18(25-27)19(23)28/h3-5,7,10,12H,9,11H2,1-2H3,(H2,23,28)/t21-/m1/s1. The Balaban J connectivity index is 1.78. The van der Waals surface area contributed by atoms with Gasteiger partial charge >= 0.3 is 0 Å². The van der Waals surface area contributed by atoms with Crippen LogP contribution in [0, 0.1) is 23.1 Å². The number of nitrogens with two attached hydrogens (primary N) is 1. The third-order valence-corrected chi connectivity index (χ3v) is 5.10. The predicted molar refractivity (Wildman–Crippen MR) is 105 cm³/mol. The molecule has 2 aromatic heterocycles. The molecule has 29 heavy (non-hydrogen) atoms. The Kier molecular flexibility index (Phi) is 4.31. The molecular formula is C21H18FN5O2. The molecule has 8 heteroatoms. The number of aromatic nitrogens is 3. The summed E-state index contributed by atoms with van der Waals surface area (Å²) in [5, 5.41) is 4.21. The first-order chi connectivity index (χ1) is 13.8. The van der Waals surface area contributed by atoms with Gasteiger partial charge in [0.05, 0.1) is 10.9 Å². The molecule has 0 spiro atoms. The van der Waals surface area contributed by atoms with Gasteiger partial charge in [-0.05, 0) is 37.6 Å². The number of benzene rings is 1. The largest absolute Gasteiger partial charge is 0.364 e. The summed E-state index contributed by atoms with van der Waals surface area (Å²) < 4.78 is 15.6. The summed E-state index contributed by atoms with van der Waals surface area (Å²) >= 11 is 0. The number of hydrogen-bond acceptors (Lipinski definition) is 4. The van der Waals surface area contributed by atoms with Gasteiger partial charge in [0.2, 0.25) is 5.91 Å². The molecule has 1 fully saturated rings. The Morgan fingerprint density at radius 3 is 2.83 bits per heavy atom. The minimum Gasteiger partial charge on any atom is -0.364 e. The van der Waals surface area contributed by atoms with Crippen molar-refractivity contribution in [2.24, 2.45) is 11.1 Å². The lowest BCUT2D eigenvalue weighted by Gasteiger charge is -2.14. The molecule has 0 bridgehead atoms. The number of pyridine rings is 1. The van der Waals surface area contributed by atoms with Crippen molar-refractivity contribution in [2.45, 2.75) is 13.3 Å². The summed E-state index contributed by atoms with van der Waals surface area (Å²) in [4.78, 5) is 30.0. The van der Waals surface area contributed by atoms with Crippen molar-refractivity contribution in [2.75, 3.05) is 13.6 Å². The number of hydrogen-bond donors (Lipinski definition) is 1. The predicted octanol–water partition coefficient (Wildman–Crippen LogP) is 1.88. The molecule has 7 nitrogen and oxygen atoms in total. The van der Waals surface area contributed by atoms with Gasteiger partial charge in [-0.25, -0.2) is 14.1 Å². The molecule has 4 rings (SSSR count). The number of rotatable bonds is 2.